The lowest BCUT2D eigenvalue weighted by Gasteiger charge is -2.14. The van der Waals surface area contributed by atoms with Crippen LogP contribution >= 0.6 is 11.3 Å². The van der Waals surface area contributed by atoms with Gasteiger partial charge in [-0.05, 0) is 30.3 Å². The van der Waals surface area contributed by atoms with Gasteiger partial charge in [0.1, 0.15) is 22.4 Å². The van der Waals surface area contributed by atoms with Crippen molar-refractivity contribution in [2.45, 2.75) is 12.1 Å². The maximum absolute atomic E-state index is 13.5. The topological polar surface area (TPSA) is 94.7 Å². The lowest BCUT2D eigenvalue weighted by atomic mass is 10.1. The van der Waals surface area contributed by atoms with E-state index < -0.39 is 23.7 Å². The Bertz CT molecular complexity index is 1160. The van der Waals surface area contributed by atoms with Crippen LogP contribution in [0, 0.1) is 0 Å². The van der Waals surface area contributed by atoms with Crippen LogP contribution in [0.3, 0.4) is 0 Å². The fourth-order valence-electron chi connectivity index (χ4n) is 2.76. The van der Waals surface area contributed by atoms with Crippen LogP contribution in [0.15, 0.2) is 54.7 Å². The highest BCUT2D eigenvalue weighted by molar-refractivity contribution is 7.18. The molecule has 1 aromatic carbocycles. The third kappa shape index (κ3) is 3.79. The molecular formula is C19H12F3N5OS. The number of para-hydroxylation sites is 1. The minimum atomic E-state index is -4.74. The summed E-state index contributed by atoms with van der Waals surface area (Å²) in [6, 6.07) is 12.7. The number of hydrogen-bond acceptors (Lipinski definition) is 6. The van der Waals surface area contributed by atoms with Gasteiger partial charge in [-0.1, -0.05) is 18.2 Å². The van der Waals surface area contributed by atoms with E-state index in [4.69, 9.17) is 5.73 Å². The Labute approximate surface area is 166 Å². The van der Waals surface area contributed by atoms with Crippen molar-refractivity contribution >= 4 is 27.5 Å². The minimum Gasteiger partial charge on any atom is -0.369 e. The zero-order valence-electron chi connectivity index (χ0n) is 14.6. The molecule has 3 aromatic heterocycles. The summed E-state index contributed by atoms with van der Waals surface area (Å²) in [5.41, 5.74) is 5.10. The molecule has 0 aliphatic heterocycles. The number of thiazole rings is 1. The molecule has 0 aliphatic rings. The molecule has 0 spiro atoms. The minimum absolute atomic E-state index is 0.0599. The van der Waals surface area contributed by atoms with E-state index in [9.17, 15) is 18.0 Å². The Kier molecular flexibility index (Phi) is 4.71. The second-order valence-corrected chi connectivity index (χ2v) is 7.13. The van der Waals surface area contributed by atoms with E-state index in [1.165, 1.54) is 12.3 Å². The number of nitrogens with two attached hydrogens (primary N) is 1. The van der Waals surface area contributed by atoms with Crippen molar-refractivity contribution in [2.24, 2.45) is 5.73 Å². The van der Waals surface area contributed by atoms with Gasteiger partial charge in [-0.25, -0.2) is 15.0 Å². The van der Waals surface area contributed by atoms with Crippen molar-refractivity contribution in [2.75, 3.05) is 0 Å². The van der Waals surface area contributed by atoms with Gasteiger partial charge in [-0.3, -0.25) is 9.78 Å². The molecule has 10 heteroatoms. The molecule has 0 aliphatic carbocycles. The third-order valence-corrected chi connectivity index (χ3v) is 5.16. The number of aromatic nitrogens is 4. The number of halogens is 3. The van der Waals surface area contributed by atoms with Gasteiger partial charge in [-0.2, -0.15) is 13.2 Å². The number of carbonyl (C=O) groups is 1. The van der Waals surface area contributed by atoms with Crippen LogP contribution < -0.4 is 5.73 Å². The molecule has 0 bridgehead atoms. The molecule has 146 valence electrons. The second-order valence-electron chi connectivity index (χ2n) is 6.06. The van der Waals surface area contributed by atoms with Crippen LogP contribution in [0.2, 0.25) is 0 Å². The van der Waals surface area contributed by atoms with Crippen LogP contribution in [0.1, 0.15) is 22.4 Å². The van der Waals surface area contributed by atoms with Gasteiger partial charge in [0.05, 0.1) is 21.6 Å². The molecule has 0 saturated heterocycles. The first-order chi connectivity index (χ1) is 13.8. The van der Waals surface area contributed by atoms with Crippen LogP contribution in [0.25, 0.3) is 21.6 Å². The number of alkyl halides is 3. The highest BCUT2D eigenvalue weighted by atomic mass is 32.1. The Hall–Kier alpha value is -3.40. The first-order valence-electron chi connectivity index (χ1n) is 8.35. The highest BCUT2D eigenvalue weighted by Gasteiger charge is 2.36. The number of carbonyl (C=O) groups excluding carboxylic acids is 1. The van der Waals surface area contributed by atoms with Gasteiger partial charge in [-0.15, -0.1) is 11.3 Å². The number of hydrogen-bond donors (Lipinski definition) is 1. The number of benzene rings is 1. The summed E-state index contributed by atoms with van der Waals surface area (Å²) in [6.45, 7) is 0. The maximum Gasteiger partial charge on any atom is 0.433 e. The average molecular weight is 415 g/mol. The number of amides is 1. The lowest BCUT2D eigenvalue weighted by Crippen LogP contribution is -2.25. The third-order valence-electron chi connectivity index (χ3n) is 4.06. The predicted octanol–water partition coefficient (Wildman–Crippen LogP) is 3.78. The van der Waals surface area contributed by atoms with E-state index in [0.717, 1.165) is 22.1 Å². The molecule has 0 radical (unpaired) electrons. The van der Waals surface area contributed by atoms with E-state index in [1.54, 1.807) is 36.4 Å². The fourth-order valence-corrected chi connectivity index (χ4v) is 3.83. The molecule has 1 atom stereocenters. The van der Waals surface area contributed by atoms with E-state index in [1.807, 2.05) is 0 Å². The van der Waals surface area contributed by atoms with Gasteiger partial charge < -0.3 is 5.73 Å². The first kappa shape index (κ1) is 18.9. The Morgan fingerprint density at radius 3 is 2.41 bits per heavy atom. The zero-order valence-corrected chi connectivity index (χ0v) is 15.4. The average Bonchev–Trinajstić information content (AvgIpc) is 3.11. The SMILES string of the molecule is NC(=O)C(c1nc(-c2ccccn2)cc(C(F)(F)F)n1)c1nc2ccccc2s1. The molecule has 4 rings (SSSR count). The largest absolute Gasteiger partial charge is 0.433 e. The van der Waals surface area contributed by atoms with Crippen molar-refractivity contribution in [1.82, 2.24) is 19.9 Å². The second kappa shape index (κ2) is 7.21. The van der Waals surface area contributed by atoms with Crippen molar-refractivity contribution in [3.8, 4) is 11.4 Å². The molecule has 0 fully saturated rings. The standard InChI is InChI=1S/C19H12F3N5OS/c20-19(21,22)14-9-12(10-5-3-4-8-24-10)25-17(27-14)15(16(23)28)18-26-11-6-1-2-7-13(11)29-18/h1-9,15H,(H2,23,28). The van der Waals surface area contributed by atoms with E-state index in [0.29, 0.717) is 5.52 Å². The summed E-state index contributed by atoms with van der Waals surface area (Å²) in [7, 11) is 0. The molecule has 3 heterocycles. The van der Waals surface area contributed by atoms with Crippen molar-refractivity contribution < 1.29 is 18.0 Å². The summed E-state index contributed by atoms with van der Waals surface area (Å²) in [4.78, 5) is 28.4. The van der Waals surface area contributed by atoms with Crippen LogP contribution in [-0.2, 0) is 11.0 Å². The molecule has 1 unspecified atom stereocenters. The zero-order chi connectivity index (χ0) is 20.6. The molecule has 4 aromatic rings. The van der Waals surface area contributed by atoms with E-state index in [2.05, 4.69) is 19.9 Å². The van der Waals surface area contributed by atoms with E-state index >= 15 is 0 Å². The smallest absolute Gasteiger partial charge is 0.369 e. The van der Waals surface area contributed by atoms with Gasteiger partial charge in [0.25, 0.3) is 0 Å². The number of pyridine rings is 1. The normalized spacial score (nSPS) is 12.8. The number of rotatable bonds is 4. The van der Waals surface area contributed by atoms with Gasteiger partial charge in [0, 0.05) is 6.20 Å². The Morgan fingerprint density at radius 2 is 1.76 bits per heavy atom. The molecule has 1 amide bonds. The monoisotopic (exact) mass is 415 g/mol. The maximum atomic E-state index is 13.5. The summed E-state index contributed by atoms with van der Waals surface area (Å²) in [5, 5.41) is 0.227. The quantitative estimate of drug-likeness (QED) is 0.547. The molecule has 2 N–H and O–H groups in total. The van der Waals surface area contributed by atoms with Gasteiger partial charge in [0.15, 0.2) is 0 Å². The highest BCUT2D eigenvalue weighted by Crippen LogP contribution is 2.34. The summed E-state index contributed by atoms with van der Waals surface area (Å²) in [6.07, 6.45) is -3.31. The lowest BCUT2D eigenvalue weighted by molar-refractivity contribution is -0.141. The first-order valence-corrected chi connectivity index (χ1v) is 9.17. The number of nitrogens with zero attached hydrogens (tertiary/aromatic N) is 4. The van der Waals surface area contributed by atoms with Crippen molar-refractivity contribution in [3.05, 3.63) is 71.3 Å². The summed E-state index contributed by atoms with van der Waals surface area (Å²) < 4.78 is 41.1. The molecule has 29 heavy (non-hydrogen) atoms. The Balaban J connectivity index is 1.91. The number of fused-ring (bicyclic) bond motifs is 1. The molecular weight excluding hydrogens is 403 g/mol. The van der Waals surface area contributed by atoms with Crippen molar-refractivity contribution in [1.29, 1.82) is 0 Å². The van der Waals surface area contributed by atoms with Gasteiger partial charge >= 0.3 is 6.18 Å². The fraction of sp³-hybridized carbons (Fsp3) is 0.105. The summed E-state index contributed by atoms with van der Waals surface area (Å²) in [5.74, 6) is -2.58. The molecule has 0 saturated carbocycles. The Morgan fingerprint density at radius 1 is 1.00 bits per heavy atom. The van der Waals surface area contributed by atoms with Crippen LogP contribution in [0.5, 0.6) is 0 Å². The van der Waals surface area contributed by atoms with Crippen LogP contribution in [-0.4, -0.2) is 25.8 Å². The van der Waals surface area contributed by atoms with Gasteiger partial charge in [0.2, 0.25) is 5.91 Å². The van der Waals surface area contributed by atoms with Crippen LogP contribution in [0.4, 0.5) is 13.2 Å². The van der Waals surface area contributed by atoms with Crippen molar-refractivity contribution in [3.63, 3.8) is 0 Å². The molecule has 6 nitrogen and oxygen atoms in total. The van der Waals surface area contributed by atoms with E-state index in [-0.39, 0.29) is 22.2 Å². The summed E-state index contributed by atoms with van der Waals surface area (Å²) >= 11 is 1.15. The predicted molar refractivity (Wildman–Crippen MR) is 101 cm³/mol. The number of primary amides is 1.